The number of para-hydroxylation sites is 1. The lowest BCUT2D eigenvalue weighted by molar-refractivity contribution is -0.131. The number of carbonyl (C=O) groups excluding carboxylic acids is 2. The Hall–Kier alpha value is -2.85. The molecule has 0 saturated carbocycles. The number of H-pyrrole nitrogens is 1. The van der Waals surface area contributed by atoms with Crippen LogP contribution in [0, 0.1) is 13.8 Å². The minimum atomic E-state index is -3.95. The summed E-state index contributed by atoms with van der Waals surface area (Å²) >= 11 is 0. The molecular weight excluding hydrogens is 454 g/mol. The van der Waals surface area contributed by atoms with Crippen LogP contribution in [0.25, 0.3) is 0 Å². The molecule has 0 atom stereocenters. The maximum atomic E-state index is 13.1. The van der Waals surface area contributed by atoms with Gasteiger partial charge in [0.25, 0.3) is 5.91 Å². The van der Waals surface area contributed by atoms with Crippen LogP contribution in [0.15, 0.2) is 35.2 Å². The van der Waals surface area contributed by atoms with Crippen molar-refractivity contribution in [3.8, 4) is 0 Å². The minimum absolute atomic E-state index is 0.00850. The number of nitrogens with one attached hydrogen (secondary N) is 2. The average Bonchev–Trinajstić information content (AvgIpc) is 3.47. The van der Waals surface area contributed by atoms with Gasteiger partial charge in [0.2, 0.25) is 15.9 Å². The minimum Gasteiger partial charge on any atom is -0.368 e. The number of amides is 2. The lowest BCUT2D eigenvalue weighted by atomic mass is 10.2. The van der Waals surface area contributed by atoms with Crippen molar-refractivity contribution in [3.63, 3.8) is 0 Å². The lowest BCUT2D eigenvalue weighted by Gasteiger charge is -2.36. The van der Waals surface area contributed by atoms with Crippen molar-refractivity contribution in [2.75, 3.05) is 50.7 Å². The molecular formula is C24H33N5O4S. The van der Waals surface area contributed by atoms with E-state index in [4.69, 9.17) is 0 Å². The molecule has 4 rings (SSSR count). The number of piperazine rings is 1. The molecule has 0 bridgehead atoms. The van der Waals surface area contributed by atoms with Crippen LogP contribution in [-0.4, -0.2) is 80.8 Å². The van der Waals surface area contributed by atoms with Gasteiger partial charge in [0.15, 0.2) is 0 Å². The zero-order valence-corrected chi connectivity index (χ0v) is 20.7. The predicted octanol–water partition coefficient (Wildman–Crippen LogP) is 1.88. The maximum absolute atomic E-state index is 13.1. The Labute approximate surface area is 201 Å². The van der Waals surface area contributed by atoms with Gasteiger partial charge >= 0.3 is 0 Å². The van der Waals surface area contributed by atoms with E-state index in [1.54, 1.807) is 23.6 Å². The van der Waals surface area contributed by atoms with Crippen LogP contribution < -0.4 is 9.62 Å². The number of anilines is 1. The molecule has 2 amide bonds. The largest absolute Gasteiger partial charge is 0.368 e. The first-order valence-corrected chi connectivity index (χ1v) is 13.3. The second-order valence-electron chi connectivity index (χ2n) is 8.93. The van der Waals surface area contributed by atoms with Crippen molar-refractivity contribution in [1.29, 1.82) is 0 Å². The SMILES string of the molecule is Cc1[nH]c(C)c(S(=O)(=O)NCCC(=O)N2CCN(c3ccccc3)CC2)c1C(=O)N1CCCC1. The van der Waals surface area contributed by atoms with Crippen LogP contribution >= 0.6 is 0 Å². The molecule has 2 aromatic rings. The van der Waals surface area contributed by atoms with Gasteiger partial charge in [-0.15, -0.1) is 0 Å². The van der Waals surface area contributed by atoms with E-state index in [1.165, 1.54) is 0 Å². The Morgan fingerprint density at radius 2 is 1.56 bits per heavy atom. The van der Waals surface area contributed by atoms with Crippen LogP contribution in [0.5, 0.6) is 0 Å². The third-order valence-electron chi connectivity index (χ3n) is 6.58. The lowest BCUT2D eigenvalue weighted by Crippen LogP contribution is -2.49. The number of rotatable bonds is 7. The van der Waals surface area contributed by atoms with E-state index in [0.29, 0.717) is 37.6 Å². The number of aromatic nitrogens is 1. The number of aromatic amines is 1. The Morgan fingerprint density at radius 1 is 0.912 bits per heavy atom. The second-order valence-corrected chi connectivity index (χ2v) is 10.6. The topological polar surface area (TPSA) is 106 Å². The van der Waals surface area contributed by atoms with Gasteiger partial charge in [-0.1, -0.05) is 18.2 Å². The molecule has 2 fully saturated rings. The highest BCUT2D eigenvalue weighted by atomic mass is 32.2. The third-order valence-corrected chi connectivity index (χ3v) is 8.21. The van der Waals surface area contributed by atoms with Gasteiger partial charge in [0.1, 0.15) is 4.90 Å². The number of nitrogens with zero attached hydrogens (tertiary/aromatic N) is 3. The molecule has 1 aromatic carbocycles. The number of aryl methyl sites for hydroxylation is 2. The Kier molecular flexibility index (Phi) is 7.27. The molecule has 0 radical (unpaired) electrons. The van der Waals surface area contributed by atoms with Crippen molar-refractivity contribution >= 4 is 27.5 Å². The molecule has 2 saturated heterocycles. The van der Waals surface area contributed by atoms with Crippen molar-refractivity contribution < 1.29 is 18.0 Å². The molecule has 3 heterocycles. The van der Waals surface area contributed by atoms with Gasteiger partial charge in [0.05, 0.1) is 5.56 Å². The fourth-order valence-electron chi connectivity index (χ4n) is 4.81. The summed E-state index contributed by atoms with van der Waals surface area (Å²) in [6, 6.07) is 10.1. The molecule has 2 aliphatic rings. The molecule has 10 heteroatoms. The van der Waals surface area contributed by atoms with Gasteiger partial charge in [-0.2, -0.15) is 0 Å². The van der Waals surface area contributed by atoms with Gasteiger partial charge in [-0.3, -0.25) is 9.59 Å². The van der Waals surface area contributed by atoms with E-state index >= 15 is 0 Å². The summed E-state index contributed by atoms with van der Waals surface area (Å²) in [5, 5.41) is 0. The van der Waals surface area contributed by atoms with Crippen LogP contribution in [-0.2, 0) is 14.8 Å². The normalized spacial score (nSPS) is 16.8. The van der Waals surface area contributed by atoms with E-state index in [2.05, 4.69) is 26.7 Å². The average molecular weight is 488 g/mol. The second kappa shape index (κ2) is 10.2. The third kappa shape index (κ3) is 5.12. The van der Waals surface area contributed by atoms with Gasteiger partial charge in [0, 0.05) is 69.3 Å². The number of likely N-dealkylation sites (tertiary alicyclic amines) is 1. The van der Waals surface area contributed by atoms with Crippen molar-refractivity contribution in [2.45, 2.75) is 38.0 Å². The number of benzene rings is 1. The highest BCUT2D eigenvalue weighted by Crippen LogP contribution is 2.26. The Balaban J connectivity index is 1.34. The van der Waals surface area contributed by atoms with Gasteiger partial charge < -0.3 is 19.7 Å². The molecule has 34 heavy (non-hydrogen) atoms. The zero-order valence-electron chi connectivity index (χ0n) is 19.8. The maximum Gasteiger partial charge on any atom is 0.257 e. The number of hydrogen-bond donors (Lipinski definition) is 2. The highest BCUT2D eigenvalue weighted by Gasteiger charge is 2.32. The van der Waals surface area contributed by atoms with Crippen molar-refractivity contribution in [2.24, 2.45) is 0 Å². The standard InChI is InChI=1S/C24H33N5O4S/c1-18-22(24(31)29-12-6-7-13-29)23(19(2)26-18)34(32,33)25-11-10-21(30)28-16-14-27(15-17-28)20-8-4-3-5-9-20/h3-5,8-9,25-26H,6-7,10-17H2,1-2H3. The fraction of sp³-hybridized carbons (Fsp3) is 0.500. The molecule has 184 valence electrons. The molecule has 9 nitrogen and oxygen atoms in total. The smallest absolute Gasteiger partial charge is 0.257 e. The molecule has 1 aromatic heterocycles. The van der Waals surface area contributed by atoms with Crippen LogP contribution in [0.4, 0.5) is 5.69 Å². The molecule has 0 aliphatic carbocycles. The van der Waals surface area contributed by atoms with Crippen molar-refractivity contribution in [3.05, 3.63) is 47.3 Å². The van der Waals surface area contributed by atoms with E-state index in [1.807, 2.05) is 18.2 Å². The highest BCUT2D eigenvalue weighted by molar-refractivity contribution is 7.89. The summed E-state index contributed by atoms with van der Waals surface area (Å²) in [5.41, 5.74) is 2.31. The summed E-state index contributed by atoms with van der Waals surface area (Å²) in [6.07, 6.45) is 1.93. The van der Waals surface area contributed by atoms with E-state index in [9.17, 15) is 18.0 Å². The number of hydrogen-bond acceptors (Lipinski definition) is 5. The van der Waals surface area contributed by atoms with E-state index in [-0.39, 0.29) is 35.2 Å². The molecule has 0 unspecified atom stereocenters. The Bertz CT molecular complexity index is 1130. The molecule has 2 aliphatic heterocycles. The zero-order chi connectivity index (χ0) is 24.3. The summed E-state index contributed by atoms with van der Waals surface area (Å²) in [7, 11) is -3.95. The Morgan fingerprint density at radius 3 is 2.21 bits per heavy atom. The number of sulfonamides is 1. The fourth-order valence-corrected chi connectivity index (χ4v) is 6.28. The van der Waals surface area contributed by atoms with Crippen LogP contribution in [0.3, 0.4) is 0 Å². The van der Waals surface area contributed by atoms with Gasteiger partial charge in [-0.05, 0) is 38.8 Å². The first-order chi connectivity index (χ1) is 16.3. The molecule has 2 N–H and O–H groups in total. The van der Waals surface area contributed by atoms with Crippen LogP contribution in [0.2, 0.25) is 0 Å². The summed E-state index contributed by atoms with van der Waals surface area (Å²) < 4.78 is 28.8. The van der Waals surface area contributed by atoms with Gasteiger partial charge in [-0.25, -0.2) is 13.1 Å². The summed E-state index contributed by atoms with van der Waals surface area (Å²) in [6.45, 7) is 7.32. The van der Waals surface area contributed by atoms with Crippen LogP contribution in [0.1, 0.15) is 41.0 Å². The first kappa shape index (κ1) is 24.3. The quantitative estimate of drug-likeness (QED) is 0.620. The predicted molar refractivity (Wildman–Crippen MR) is 130 cm³/mol. The summed E-state index contributed by atoms with van der Waals surface area (Å²) in [4.78, 5) is 34.4. The molecule has 0 spiro atoms. The van der Waals surface area contributed by atoms with E-state index < -0.39 is 10.0 Å². The van der Waals surface area contributed by atoms with E-state index in [0.717, 1.165) is 31.6 Å². The summed E-state index contributed by atoms with van der Waals surface area (Å²) in [5.74, 6) is -0.335. The monoisotopic (exact) mass is 487 g/mol. The number of carbonyl (C=O) groups is 2. The van der Waals surface area contributed by atoms with Crippen molar-refractivity contribution in [1.82, 2.24) is 19.5 Å². The first-order valence-electron chi connectivity index (χ1n) is 11.8.